The lowest BCUT2D eigenvalue weighted by Crippen LogP contribution is -2.43. The highest BCUT2D eigenvalue weighted by Crippen LogP contribution is 2.38. The zero-order chi connectivity index (χ0) is 13.8. The van der Waals surface area contributed by atoms with E-state index in [0.29, 0.717) is 0 Å². The van der Waals surface area contributed by atoms with E-state index in [-0.39, 0.29) is 0 Å². The first kappa shape index (κ1) is 14.6. The Bertz CT molecular complexity index is 428. The molecule has 20 heavy (non-hydrogen) atoms. The summed E-state index contributed by atoms with van der Waals surface area (Å²) in [6.07, 6.45) is 2.55. The van der Waals surface area contributed by atoms with Crippen LogP contribution in [0.2, 0.25) is 0 Å². The second-order valence-electron chi connectivity index (χ2n) is 5.62. The smallest absolute Gasteiger partial charge is 0.119 e. The SMILES string of the molecule is COc1cccc(C2CC(NCC3CSCCS3)C2)c1. The maximum atomic E-state index is 5.31. The molecule has 1 aromatic carbocycles. The third-order valence-corrected chi connectivity index (χ3v) is 7.07. The first-order valence-electron chi connectivity index (χ1n) is 7.42. The van der Waals surface area contributed by atoms with Crippen LogP contribution in [-0.4, -0.2) is 42.2 Å². The van der Waals surface area contributed by atoms with Gasteiger partial charge in [-0.05, 0) is 36.5 Å². The van der Waals surface area contributed by atoms with Crippen molar-refractivity contribution in [3.8, 4) is 5.75 Å². The van der Waals surface area contributed by atoms with E-state index in [1.807, 2.05) is 6.07 Å². The summed E-state index contributed by atoms with van der Waals surface area (Å²) in [5.74, 6) is 5.69. The van der Waals surface area contributed by atoms with Crippen molar-refractivity contribution in [3.05, 3.63) is 29.8 Å². The molecular formula is C16H23NOS2. The topological polar surface area (TPSA) is 21.3 Å². The van der Waals surface area contributed by atoms with E-state index in [4.69, 9.17) is 4.74 Å². The molecule has 1 heterocycles. The Morgan fingerprint density at radius 3 is 2.95 bits per heavy atom. The summed E-state index contributed by atoms with van der Waals surface area (Å²) in [5.41, 5.74) is 1.44. The molecule has 1 saturated heterocycles. The molecular weight excluding hydrogens is 286 g/mol. The number of rotatable bonds is 5. The van der Waals surface area contributed by atoms with Crippen LogP contribution >= 0.6 is 23.5 Å². The van der Waals surface area contributed by atoms with Crippen LogP contribution in [0.3, 0.4) is 0 Å². The van der Waals surface area contributed by atoms with Gasteiger partial charge in [0.05, 0.1) is 7.11 Å². The summed E-state index contributed by atoms with van der Waals surface area (Å²) in [4.78, 5) is 0. The molecule has 2 aliphatic rings. The molecule has 0 radical (unpaired) electrons. The summed E-state index contributed by atoms with van der Waals surface area (Å²) < 4.78 is 5.31. The Kier molecular flexibility index (Phi) is 5.19. The zero-order valence-corrected chi connectivity index (χ0v) is 13.6. The highest BCUT2D eigenvalue weighted by Gasteiger charge is 2.30. The average Bonchev–Trinajstić information content (AvgIpc) is 2.47. The fourth-order valence-corrected chi connectivity index (χ4v) is 5.53. The van der Waals surface area contributed by atoms with E-state index >= 15 is 0 Å². The minimum atomic E-state index is 0.719. The lowest BCUT2D eigenvalue weighted by Gasteiger charge is -2.37. The third kappa shape index (κ3) is 3.66. The Morgan fingerprint density at radius 1 is 1.30 bits per heavy atom. The Hall–Kier alpha value is -0.320. The Labute approximate surface area is 130 Å². The molecule has 1 aliphatic carbocycles. The molecule has 0 bridgehead atoms. The molecule has 0 aromatic heterocycles. The number of nitrogens with one attached hydrogen (secondary N) is 1. The van der Waals surface area contributed by atoms with Crippen LogP contribution in [0.5, 0.6) is 5.75 Å². The van der Waals surface area contributed by atoms with Crippen LogP contribution in [0.15, 0.2) is 24.3 Å². The zero-order valence-electron chi connectivity index (χ0n) is 12.0. The van der Waals surface area contributed by atoms with Gasteiger partial charge in [-0.15, -0.1) is 0 Å². The molecule has 1 aliphatic heterocycles. The fourth-order valence-electron chi connectivity index (χ4n) is 2.90. The summed E-state index contributed by atoms with van der Waals surface area (Å²) >= 11 is 4.25. The molecule has 0 amide bonds. The minimum absolute atomic E-state index is 0.719. The van der Waals surface area contributed by atoms with Gasteiger partial charge in [-0.25, -0.2) is 0 Å². The fraction of sp³-hybridized carbons (Fsp3) is 0.625. The molecule has 1 N–H and O–H groups in total. The van der Waals surface area contributed by atoms with Crippen molar-refractivity contribution >= 4 is 23.5 Å². The molecule has 0 spiro atoms. The molecule has 1 saturated carbocycles. The first-order valence-corrected chi connectivity index (χ1v) is 9.62. The van der Waals surface area contributed by atoms with Gasteiger partial charge in [-0.3, -0.25) is 0 Å². The number of benzene rings is 1. The van der Waals surface area contributed by atoms with Gasteiger partial charge in [-0.2, -0.15) is 23.5 Å². The lowest BCUT2D eigenvalue weighted by atomic mass is 9.76. The predicted octanol–water partition coefficient (Wildman–Crippen LogP) is 3.38. The van der Waals surface area contributed by atoms with E-state index in [1.54, 1.807) is 7.11 Å². The minimum Gasteiger partial charge on any atom is -0.497 e. The van der Waals surface area contributed by atoms with Crippen LogP contribution in [0.1, 0.15) is 24.3 Å². The van der Waals surface area contributed by atoms with Gasteiger partial charge in [0.2, 0.25) is 0 Å². The van der Waals surface area contributed by atoms with Gasteiger partial charge < -0.3 is 10.1 Å². The Morgan fingerprint density at radius 2 is 2.20 bits per heavy atom. The number of thioether (sulfide) groups is 2. The van der Waals surface area contributed by atoms with Crippen molar-refractivity contribution in [2.75, 3.05) is 30.9 Å². The van der Waals surface area contributed by atoms with E-state index in [9.17, 15) is 0 Å². The maximum Gasteiger partial charge on any atom is 0.119 e. The van der Waals surface area contributed by atoms with E-state index in [1.165, 1.54) is 42.2 Å². The average molecular weight is 310 g/mol. The number of ether oxygens (including phenoxy) is 1. The van der Waals surface area contributed by atoms with Crippen molar-refractivity contribution in [2.24, 2.45) is 0 Å². The van der Waals surface area contributed by atoms with Gasteiger partial charge in [0.1, 0.15) is 5.75 Å². The monoisotopic (exact) mass is 309 g/mol. The summed E-state index contributed by atoms with van der Waals surface area (Å²) in [6.45, 7) is 1.19. The quantitative estimate of drug-likeness (QED) is 0.900. The maximum absolute atomic E-state index is 5.31. The van der Waals surface area contributed by atoms with Crippen molar-refractivity contribution in [1.82, 2.24) is 5.32 Å². The van der Waals surface area contributed by atoms with Crippen LogP contribution < -0.4 is 10.1 Å². The largest absolute Gasteiger partial charge is 0.497 e. The third-order valence-electron chi connectivity index (χ3n) is 4.22. The number of hydrogen-bond acceptors (Lipinski definition) is 4. The number of methoxy groups -OCH3 is 1. The predicted molar refractivity (Wildman–Crippen MR) is 90.3 cm³/mol. The van der Waals surface area contributed by atoms with E-state index in [0.717, 1.165) is 23.0 Å². The molecule has 2 fully saturated rings. The summed E-state index contributed by atoms with van der Waals surface area (Å²) in [6, 6.07) is 9.27. The normalized spacial score (nSPS) is 29.8. The van der Waals surface area contributed by atoms with Crippen molar-refractivity contribution < 1.29 is 4.74 Å². The summed E-state index contributed by atoms with van der Waals surface area (Å²) in [7, 11) is 1.74. The molecule has 4 heteroatoms. The summed E-state index contributed by atoms with van der Waals surface area (Å²) in [5, 5.41) is 4.58. The van der Waals surface area contributed by atoms with Crippen LogP contribution in [-0.2, 0) is 0 Å². The highest BCUT2D eigenvalue weighted by molar-refractivity contribution is 8.06. The van der Waals surface area contributed by atoms with E-state index < -0.39 is 0 Å². The second-order valence-corrected chi connectivity index (χ2v) is 8.18. The lowest BCUT2D eigenvalue weighted by molar-refractivity contribution is 0.292. The van der Waals surface area contributed by atoms with Gasteiger partial charge in [0.15, 0.2) is 0 Å². The van der Waals surface area contributed by atoms with Crippen LogP contribution in [0, 0.1) is 0 Å². The van der Waals surface area contributed by atoms with Crippen molar-refractivity contribution in [3.63, 3.8) is 0 Å². The molecule has 1 atom stereocenters. The molecule has 1 unspecified atom stereocenters. The van der Waals surface area contributed by atoms with Gasteiger partial charge in [0, 0.05) is 35.1 Å². The number of hydrogen-bond donors (Lipinski definition) is 1. The van der Waals surface area contributed by atoms with E-state index in [2.05, 4.69) is 47.0 Å². The molecule has 110 valence electrons. The standard InChI is InChI=1S/C16H23NOS2/c1-18-15-4-2-3-12(9-15)13-7-14(8-13)17-10-16-11-19-5-6-20-16/h2-4,9,13-14,16-17H,5-8,10-11H2,1H3. The van der Waals surface area contributed by atoms with Gasteiger partial charge in [-0.1, -0.05) is 12.1 Å². The van der Waals surface area contributed by atoms with Gasteiger partial charge in [0.25, 0.3) is 0 Å². The second kappa shape index (κ2) is 7.10. The van der Waals surface area contributed by atoms with Crippen LogP contribution in [0.25, 0.3) is 0 Å². The Balaban J connectivity index is 1.41. The van der Waals surface area contributed by atoms with Crippen molar-refractivity contribution in [2.45, 2.75) is 30.1 Å². The van der Waals surface area contributed by atoms with Crippen LogP contribution in [0.4, 0.5) is 0 Å². The van der Waals surface area contributed by atoms with Gasteiger partial charge >= 0.3 is 0 Å². The molecule has 2 nitrogen and oxygen atoms in total. The molecule has 1 aromatic rings. The first-order chi connectivity index (χ1) is 9.85. The molecule has 3 rings (SSSR count). The highest BCUT2D eigenvalue weighted by atomic mass is 32.2. The van der Waals surface area contributed by atoms with Crippen molar-refractivity contribution in [1.29, 1.82) is 0 Å².